The van der Waals surface area contributed by atoms with Crippen LogP contribution >= 0.6 is 11.6 Å². The van der Waals surface area contributed by atoms with E-state index in [1.54, 1.807) is 24.3 Å². The predicted octanol–water partition coefficient (Wildman–Crippen LogP) is 1.02. The van der Waals surface area contributed by atoms with Gasteiger partial charge in [0.25, 0.3) is 0 Å². The maximum absolute atomic E-state index is 12.4. The second-order valence-electron chi connectivity index (χ2n) is 4.43. The first kappa shape index (κ1) is 14.3. The van der Waals surface area contributed by atoms with E-state index in [0.29, 0.717) is 13.1 Å². The van der Waals surface area contributed by atoms with E-state index in [1.165, 1.54) is 9.21 Å². The molecule has 2 rings (SSSR count). The van der Waals surface area contributed by atoms with E-state index in [4.69, 9.17) is 11.6 Å². The minimum absolute atomic E-state index is 0.0712. The smallest absolute Gasteiger partial charge is 0.244 e. The number of aryl methyl sites for hydroxylation is 1. The fourth-order valence-electron chi connectivity index (χ4n) is 1.91. The van der Waals surface area contributed by atoms with E-state index >= 15 is 0 Å². The molecule has 0 saturated carbocycles. The average molecular weight is 303 g/mol. The lowest BCUT2D eigenvalue weighted by Gasteiger charge is -2.17. The van der Waals surface area contributed by atoms with Crippen LogP contribution in [0.3, 0.4) is 0 Å². The molecule has 0 N–H and O–H groups in total. The van der Waals surface area contributed by atoms with Crippen LogP contribution in [0.2, 0.25) is 0 Å². The molecular weight excluding hydrogens is 288 g/mol. The third-order valence-electron chi connectivity index (χ3n) is 3.07. The molecule has 0 bridgehead atoms. The Bertz CT molecular complexity index is 571. The van der Waals surface area contributed by atoms with Crippen molar-refractivity contribution in [1.29, 1.82) is 0 Å². The Labute approximate surface area is 117 Å². The summed E-state index contributed by atoms with van der Waals surface area (Å²) in [7, 11) is -3.53. The van der Waals surface area contributed by atoms with Gasteiger partial charge >= 0.3 is 0 Å². The van der Waals surface area contributed by atoms with Crippen molar-refractivity contribution in [2.45, 2.75) is 11.8 Å². The van der Waals surface area contributed by atoms with Crippen molar-refractivity contribution in [2.24, 2.45) is 0 Å². The highest BCUT2D eigenvalue weighted by Gasteiger charge is 2.32. The molecule has 0 radical (unpaired) electrons. The number of rotatable bonds is 3. The van der Waals surface area contributed by atoms with Crippen LogP contribution in [0.25, 0.3) is 0 Å². The van der Waals surface area contributed by atoms with Crippen molar-refractivity contribution in [3.63, 3.8) is 0 Å². The molecule has 19 heavy (non-hydrogen) atoms. The van der Waals surface area contributed by atoms with E-state index < -0.39 is 10.0 Å². The van der Waals surface area contributed by atoms with Gasteiger partial charge in [-0.1, -0.05) is 17.7 Å². The molecule has 1 amide bonds. The second-order valence-corrected chi connectivity index (χ2v) is 6.63. The molecule has 7 heteroatoms. The summed E-state index contributed by atoms with van der Waals surface area (Å²) in [6.07, 6.45) is 0. The monoisotopic (exact) mass is 302 g/mol. The number of hydrogen-bond donors (Lipinski definition) is 0. The van der Waals surface area contributed by atoms with Crippen molar-refractivity contribution < 1.29 is 13.2 Å². The van der Waals surface area contributed by atoms with Gasteiger partial charge in [0.1, 0.15) is 5.88 Å². The highest BCUT2D eigenvalue weighted by Crippen LogP contribution is 2.19. The zero-order valence-electron chi connectivity index (χ0n) is 10.5. The lowest BCUT2D eigenvalue weighted by atomic mass is 10.2. The van der Waals surface area contributed by atoms with Crippen LogP contribution in [0.5, 0.6) is 0 Å². The maximum atomic E-state index is 12.4. The van der Waals surface area contributed by atoms with Crippen molar-refractivity contribution in [3.8, 4) is 0 Å². The molecule has 1 heterocycles. The first-order valence-electron chi connectivity index (χ1n) is 5.85. The molecule has 1 aromatic carbocycles. The third kappa shape index (κ3) is 2.91. The molecule has 0 spiro atoms. The van der Waals surface area contributed by atoms with E-state index in [0.717, 1.165) is 5.56 Å². The summed E-state index contributed by atoms with van der Waals surface area (Å²) in [5.41, 5.74) is 0.999. The van der Waals surface area contributed by atoms with Crippen LogP contribution in [-0.4, -0.2) is 49.2 Å². The lowest BCUT2D eigenvalue weighted by molar-refractivity contribution is -0.127. The number of carbonyl (C=O) groups excluding carboxylic acids is 1. The molecule has 0 aliphatic carbocycles. The molecule has 1 aromatic rings. The normalized spacial score (nSPS) is 16.8. The van der Waals surface area contributed by atoms with Gasteiger partial charge in [0.05, 0.1) is 11.6 Å². The van der Waals surface area contributed by atoms with Crippen molar-refractivity contribution in [2.75, 3.05) is 25.6 Å². The lowest BCUT2D eigenvalue weighted by Crippen LogP contribution is -2.34. The Balaban J connectivity index is 2.18. The van der Waals surface area contributed by atoms with Crippen LogP contribution < -0.4 is 0 Å². The summed E-state index contributed by atoms with van der Waals surface area (Å²) in [5.74, 6) is -0.374. The molecule has 0 aromatic heterocycles. The highest BCUT2D eigenvalue weighted by molar-refractivity contribution is 7.89. The number of sulfonamides is 1. The molecule has 0 unspecified atom stereocenters. The molecule has 1 saturated heterocycles. The summed E-state index contributed by atoms with van der Waals surface area (Å²) < 4.78 is 26.0. The molecule has 1 aliphatic heterocycles. The number of alkyl halides is 1. The Morgan fingerprint density at radius 1 is 1.26 bits per heavy atom. The quantitative estimate of drug-likeness (QED) is 0.784. The van der Waals surface area contributed by atoms with Crippen LogP contribution in [0.1, 0.15) is 5.56 Å². The van der Waals surface area contributed by atoms with E-state index in [2.05, 4.69) is 0 Å². The first-order valence-corrected chi connectivity index (χ1v) is 7.83. The fraction of sp³-hybridized carbons (Fsp3) is 0.417. The van der Waals surface area contributed by atoms with Gasteiger partial charge in [0.15, 0.2) is 0 Å². The van der Waals surface area contributed by atoms with Crippen LogP contribution in [-0.2, 0) is 14.8 Å². The fourth-order valence-corrected chi connectivity index (χ4v) is 3.47. The molecule has 0 atom stereocenters. The molecule has 104 valence electrons. The van der Waals surface area contributed by atoms with Gasteiger partial charge in [-0.05, 0) is 19.1 Å². The summed E-state index contributed by atoms with van der Waals surface area (Å²) in [4.78, 5) is 13.1. The van der Waals surface area contributed by atoms with Gasteiger partial charge in [0.2, 0.25) is 15.9 Å². The van der Waals surface area contributed by atoms with Crippen LogP contribution in [0.15, 0.2) is 29.2 Å². The molecule has 1 aliphatic rings. The summed E-state index contributed by atoms with van der Waals surface area (Å²) in [6, 6.07) is 6.67. The maximum Gasteiger partial charge on any atom is 0.244 e. The van der Waals surface area contributed by atoms with E-state index in [-0.39, 0.29) is 23.4 Å². The molecule has 1 fully saturated rings. The Morgan fingerprint density at radius 3 is 2.47 bits per heavy atom. The van der Waals surface area contributed by atoms with Gasteiger partial charge in [-0.25, -0.2) is 8.42 Å². The topological polar surface area (TPSA) is 57.7 Å². The Kier molecular flexibility index (Phi) is 4.13. The number of amides is 1. The SMILES string of the molecule is Cc1ccc(S(=O)(=O)N2CCN(C(=O)CCl)C2)cc1. The van der Waals surface area contributed by atoms with Crippen molar-refractivity contribution in [1.82, 2.24) is 9.21 Å². The van der Waals surface area contributed by atoms with E-state index in [9.17, 15) is 13.2 Å². The highest BCUT2D eigenvalue weighted by atomic mass is 35.5. The summed E-state index contributed by atoms with van der Waals surface area (Å²) in [6.45, 7) is 2.66. The number of nitrogens with zero attached hydrogens (tertiary/aromatic N) is 2. The van der Waals surface area contributed by atoms with E-state index in [1.807, 2.05) is 6.92 Å². The zero-order valence-corrected chi connectivity index (χ0v) is 12.1. The van der Waals surface area contributed by atoms with Crippen LogP contribution in [0.4, 0.5) is 0 Å². The molecular formula is C12H15ClN2O3S. The van der Waals surface area contributed by atoms with Crippen molar-refractivity contribution in [3.05, 3.63) is 29.8 Å². The number of halogens is 1. The number of carbonyl (C=O) groups is 1. The van der Waals surface area contributed by atoms with Gasteiger partial charge in [0, 0.05) is 13.1 Å². The van der Waals surface area contributed by atoms with Crippen molar-refractivity contribution >= 4 is 27.5 Å². The third-order valence-corrected chi connectivity index (χ3v) is 5.15. The minimum Gasteiger partial charge on any atom is -0.326 e. The number of hydrogen-bond acceptors (Lipinski definition) is 3. The summed E-state index contributed by atoms with van der Waals surface area (Å²) >= 11 is 5.47. The molecule has 5 nitrogen and oxygen atoms in total. The standard InChI is InChI=1S/C12H15ClN2O3S/c1-10-2-4-11(5-3-10)19(17,18)15-7-6-14(9-15)12(16)8-13/h2-5H,6-9H2,1H3. The van der Waals surface area contributed by atoms with Gasteiger partial charge in [-0.2, -0.15) is 4.31 Å². The summed E-state index contributed by atoms with van der Waals surface area (Å²) in [5, 5.41) is 0. The average Bonchev–Trinajstić information content (AvgIpc) is 2.88. The predicted molar refractivity (Wildman–Crippen MR) is 72.4 cm³/mol. The largest absolute Gasteiger partial charge is 0.326 e. The van der Waals surface area contributed by atoms with Gasteiger partial charge in [-0.15, -0.1) is 11.6 Å². The van der Waals surface area contributed by atoms with Crippen LogP contribution in [0, 0.1) is 6.92 Å². The Morgan fingerprint density at radius 2 is 1.89 bits per heavy atom. The number of benzene rings is 1. The first-order chi connectivity index (χ1) is 8.95. The minimum atomic E-state index is -3.53. The van der Waals surface area contributed by atoms with Gasteiger partial charge < -0.3 is 4.90 Å². The zero-order chi connectivity index (χ0) is 14.0. The second kappa shape index (κ2) is 5.48. The van der Waals surface area contributed by atoms with Gasteiger partial charge in [-0.3, -0.25) is 4.79 Å². The Hall–Kier alpha value is -1.11.